The van der Waals surface area contributed by atoms with Crippen LogP contribution in [0.15, 0.2) is 11.6 Å². The predicted octanol–water partition coefficient (Wildman–Crippen LogP) is 2.57. The first-order valence-electron chi connectivity index (χ1n) is 3.70. The summed E-state index contributed by atoms with van der Waals surface area (Å²) in [5, 5.41) is 0. The molecule has 0 saturated heterocycles. The third-order valence-corrected chi connectivity index (χ3v) is 1.18. The number of carbonyl (C=O) groups excluding carboxylic acids is 1. The Morgan fingerprint density at radius 2 is 1.90 bits per heavy atom. The highest BCUT2D eigenvalue weighted by Gasteiger charge is 1.95. The van der Waals surface area contributed by atoms with Gasteiger partial charge in [-0.15, -0.1) is 0 Å². The Morgan fingerprint density at radius 3 is 2.20 bits per heavy atom. The number of hydrogen-bond donors (Lipinski definition) is 0. The molecule has 1 heteroatoms. The Bertz CT molecular complexity index is 143. The normalized spacial score (nSPS) is 12.3. The highest BCUT2D eigenvalue weighted by Crippen LogP contribution is 2.08. The third-order valence-electron chi connectivity index (χ3n) is 1.18. The summed E-state index contributed by atoms with van der Waals surface area (Å²) in [5.74, 6) is 0.800. The summed E-state index contributed by atoms with van der Waals surface area (Å²) >= 11 is 0. The summed E-state index contributed by atoms with van der Waals surface area (Å²) in [5.41, 5.74) is 1.18. The van der Waals surface area contributed by atoms with Crippen LogP contribution in [0, 0.1) is 5.92 Å². The van der Waals surface area contributed by atoms with E-state index in [0.717, 1.165) is 6.42 Å². The SMILES string of the molecule is CC(=O)C=C(C)CC(C)C. The van der Waals surface area contributed by atoms with Crippen molar-refractivity contribution in [2.24, 2.45) is 5.92 Å². The first kappa shape index (κ1) is 9.41. The van der Waals surface area contributed by atoms with Gasteiger partial charge in [0.1, 0.15) is 0 Å². The molecule has 0 bridgehead atoms. The largest absolute Gasteiger partial charge is 0.295 e. The van der Waals surface area contributed by atoms with Gasteiger partial charge in [-0.25, -0.2) is 0 Å². The van der Waals surface area contributed by atoms with Crippen LogP contribution in [-0.4, -0.2) is 5.78 Å². The number of allylic oxidation sites excluding steroid dienone is 2. The molecule has 0 saturated carbocycles. The molecule has 0 aliphatic rings. The molecule has 0 atom stereocenters. The van der Waals surface area contributed by atoms with E-state index in [0.29, 0.717) is 5.92 Å². The monoisotopic (exact) mass is 140 g/mol. The average Bonchev–Trinajstić information content (AvgIpc) is 1.58. The molecule has 0 aliphatic heterocycles. The van der Waals surface area contributed by atoms with Crippen LogP contribution < -0.4 is 0 Å². The molecule has 0 rings (SSSR count). The van der Waals surface area contributed by atoms with Crippen molar-refractivity contribution in [1.29, 1.82) is 0 Å². The van der Waals surface area contributed by atoms with Crippen molar-refractivity contribution in [3.63, 3.8) is 0 Å². The molecule has 0 radical (unpaired) electrons. The highest BCUT2D eigenvalue weighted by atomic mass is 16.1. The lowest BCUT2D eigenvalue weighted by Gasteiger charge is -2.02. The Balaban J connectivity index is 3.83. The van der Waals surface area contributed by atoms with Crippen LogP contribution in [-0.2, 0) is 4.79 Å². The quantitative estimate of drug-likeness (QED) is 0.551. The molecule has 0 fully saturated rings. The maximum Gasteiger partial charge on any atom is 0.152 e. The Hall–Kier alpha value is -0.590. The summed E-state index contributed by atoms with van der Waals surface area (Å²) in [6.07, 6.45) is 2.74. The summed E-state index contributed by atoms with van der Waals surface area (Å²) in [6.45, 7) is 7.89. The van der Waals surface area contributed by atoms with Gasteiger partial charge in [-0.05, 0) is 32.3 Å². The lowest BCUT2D eigenvalue weighted by molar-refractivity contribution is -0.112. The van der Waals surface area contributed by atoms with Crippen molar-refractivity contribution in [3.8, 4) is 0 Å². The minimum absolute atomic E-state index is 0.151. The minimum Gasteiger partial charge on any atom is -0.295 e. The van der Waals surface area contributed by atoms with Gasteiger partial charge >= 0.3 is 0 Å². The topological polar surface area (TPSA) is 17.1 Å². The van der Waals surface area contributed by atoms with Crippen LogP contribution in [0.1, 0.15) is 34.1 Å². The molecule has 1 nitrogen and oxygen atoms in total. The van der Waals surface area contributed by atoms with Crippen LogP contribution in [0.2, 0.25) is 0 Å². The molecular weight excluding hydrogens is 124 g/mol. The molecule has 10 heavy (non-hydrogen) atoms. The van der Waals surface area contributed by atoms with Gasteiger partial charge in [-0.3, -0.25) is 4.79 Å². The van der Waals surface area contributed by atoms with Gasteiger partial charge in [0.05, 0.1) is 0 Å². The lowest BCUT2D eigenvalue weighted by Crippen LogP contribution is -1.91. The summed E-state index contributed by atoms with van der Waals surface area (Å²) < 4.78 is 0. The molecule has 0 heterocycles. The van der Waals surface area contributed by atoms with Crippen molar-refractivity contribution in [1.82, 2.24) is 0 Å². The average molecular weight is 140 g/mol. The zero-order chi connectivity index (χ0) is 8.15. The number of rotatable bonds is 3. The van der Waals surface area contributed by atoms with Gasteiger partial charge in [0.2, 0.25) is 0 Å². The minimum atomic E-state index is 0.151. The summed E-state index contributed by atoms with van der Waals surface area (Å²) in [6, 6.07) is 0. The van der Waals surface area contributed by atoms with Gasteiger partial charge in [0.15, 0.2) is 5.78 Å². The van der Waals surface area contributed by atoms with Crippen molar-refractivity contribution < 1.29 is 4.79 Å². The van der Waals surface area contributed by atoms with E-state index >= 15 is 0 Å². The fourth-order valence-electron chi connectivity index (χ4n) is 1.05. The van der Waals surface area contributed by atoms with Crippen molar-refractivity contribution >= 4 is 5.78 Å². The van der Waals surface area contributed by atoms with Crippen LogP contribution >= 0.6 is 0 Å². The van der Waals surface area contributed by atoms with Gasteiger partial charge in [-0.1, -0.05) is 19.4 Å². The van der Waals surface area contributed by atoms with E-state index in [1.54, 1.807) is 13.0 Å². The van der Waals surface area contributed by atoms with Crippen molar-refractivity contribution in [2.45, 2.75) is 34.1 Å². The fourth-order valence-corrected chi connectivity index (χ4v) is 1.05. The van der Waals surface area contributed by atoms with Crippen LogP contribution in [0.5, 0.6) is 0 Å². The summed E-state index contributed by atoms with van der Waals surface area (Å²) in [7, 11) is 0. The van der Waals surface area contributed by atoms with Gasteiger partial charge in [-0.2, -0.15) is 0 Å². The number of ketones is 1. The second-order valence-electron chi connectivity index (χ2n) is 3.20. The predicted molar refractivity (Wildman–Crippen MR) is 43.9 cm³/mol. The van der Waals surface area contributed by atoms with Crippen LogP contribution in [0.3, 0.4) is 0 Å². The smallest absolute Gasteiger partial charge is 0.152 e. The molecule has 58 valence electrons. The van der Waals surface area contributed by atoms with Crippen LogP contribution in [0.25, 0.3) is 0 Å². The van der Waals surface area contributed by atoms with Gasteiger partial charge in [0, 0.05) is 0 Å². The molecule has 0 aromatic carbocycles. The Morgan fingerprint density at radius 1 is 1.40 bits per heavy atom. The van der Waals surface area contributed by atoms with E-state index in [1.165, 1.54) is 5.57 Å². The molecule has 0 aliphatic carbocycles. The van der Waals surface area contributed by atoms with Crippen LogP contribution in [0.4, 0.5) is 0 Å². The van der Waals surface area contributed by atoms with E-state index in [1.807, 2.05) is 6.92 Å². The standard InChI is InChI=1S/C9H16O/c1-7(2)5-8(3)6-9(4)10/h6-7H,5H2,1-4H3. The van der Waals surface area contributed by atoms with Gasteiger partial charge < -0.3 is 0 Å². The molecular formula is C9H16O. The highest BCUT2D eigenvalue weighted by molar-refractivity contribution is 5.87. The Kier molecular flexibility index (Phi) is 4.01. The molecule has 0 aromatic heterocycles. The molecule has 0 aromatic rings. The van der Waals surface area contributed by atoms with E-state index in [9.17, 15) is 4.79 Å². The van der Waals surface area contributed by atoms with Gasteiger partial charge in [0.25, 0.3) is 0 Å². The molecule has 0 N–H and O–H groups in total. The van der Waals surface area contributed by atoms with Crippen molar-refractivity contribution in [2.75, 3.05) is 0 Å². The number of hydrogen-bond acceptors (Lipinski definition) is 1. The first-order chi connectivity index (χ1) is 4.52. The zero-order valence-electron chi connectivity index (χ0n) is 7.27. The molecule has 0 spiro atoms. The second-order valence-corrected chi connectivity index (χ2v) is 3.20. The maximum atomic E-state index is 10.6. The maximum absolute atomic E-state index is 10.6. The second kappa shape index (κ2) is 4.26. The van der Waals surface area contributed by atoms with E-state index < -0.39 is 0 Å². The first-order valence-corrected chi connectivity index (χ1v) is 3.70. The lowest BCUT2D eigenvalue weighted by atomic mass is 10.0. The van der Waals surface area contributed by atoms with E-state index in [4.69, 9.17) is 0 Å². The van der Waals surface area contributed by atoms with E-state index in [-0.39, 0.29) is 5.78 Å². The van der Waals surface area contributed by atoms with E-state index in [2.05, 4.69) is 13.8 Å². The summed E-state index contributed by atoms with van der Waals surface area (Å²) in [4.78, 5) is 10.6. The molecule has 0 unspecified atom stereocenters. The third kappa shape index (κ3) is 5.54. The van der Waals surface area contributed by atoms with Crippen molar-refractivity contribution in [3.05, 3.63) is 11.6 Å². The molecule has 0 amide bonds. The fraction of sp³-hybridized carbons (Fsp3) is 0.667. The number of carbonyl (C=O) groups is 1. The Labute approximate surface area is 63.1 Å². The zero-order valence-corrected chi connectivity index (χ0v) is 7.27.